The zero-order valence-electron chi connectivity index (χ0n) is 13.1. The number of aromatic nitrogens is 2. The van der Waals surface area contributed by atoms with Crippen LogP contribution >= 0.6 is 35.4 Å². The number of nitrogens with one attached hydrogen (secondary N) is 1. The molecule has 0 aliphatic carbocycles. The minimum absolute atomic E-state index is 0.272. The van der Waals surface area contributed by atoms with Gasteiger partial charge in [-0.25, -0.2) is 4.68 Å². The molecule has 2 aromatic carbocycles. The molecule has 0 fully saturated rings. The van der Waals surface area contributed by atoms with Gasteiger partial charge >= 0.3 is 0 Å². The van der Waals surface area contributed by atoms with Crippen molar-refractivity contribution in [2.24, 2.45) is 0 Å². The van der Waals surface area contributed by atoms with Crippen LogP contribution in [0.4, 0.5) is 5.69 Å². The topological polar surface area (TPSA) is 43.0 Å². The molecule has 0 unspecified atom stereocenters. The zero-order valence-corrected chi connectivity index (χ0v) is 15.5. The third-order valence-corrected chi connectivity index (χ3v) is 4.41. The second kappa shape index (κ2) is 6.97. The molecule has 0 saturated carbocycles. The third kappa shape index (κ3) is 3.64. The van der Waals surface area contributed by atoms with Gasteiger partial charge in [-0.3, -0.25) is 0 Å². The van der Waals surface area contributed by atoms with Crippen LogP contribution in [-0.4, -0.2) is 9.78 Å². The van der Waals surface area contributed by atoms with E-state index in [0.717, 1.165) is 11.3 Å². The fraction of sp³-hybridized carbons (Fsp3) is 0.176. The first-order valence-electron chi connectivity index (χ1n) is 7.28. The van der Waals surface area contributed by atoms with Crippen molar-refractivity contribution in [2.45, 2.75) is 20.5 Å². The molecule has 124 valence electrons. The SMILES string of the molecule is Cc1ccc(NCn2nc(-c3ccc(Cl)cc3Cl)oc2=S)c(C)c1. The third-order valence-electron chi connectivity index (χ3n) is 3.57. The maximum atomic E-state index is 6.19. The highest BCUT2D eigenvalue weighted by Crippen LogP contribution is 2.29. The Balaban J connectivity index is 1.83. The molecular formula is C17H15Cl2N3OS. The van der Waals surface area contributed by atoms with E-state index in [9.17, 15) is 0 Å². The van der Waals surface area contributed by atoms with Gasteiger partial charge in [-0.2, -0.15) is 0 Å². The Kier molecular flexibility index (Phi) is 4.94. The molecule has 3 rings (SSSR count). The molecule has 0 amide bonds. The molecule has 24 heavy (non-hydrogen) atoms. The maximum Gasteiger partial charge on any atom is 0.289 e. The lowest BCUT2D eigenvalue weighted by Crippen LogP contribution is -2.10. The van der Waals surface area contributed by atoms with Crippen LogP contribution in [-0.2, 0) is 6.67 Å². The van der Waals surface area contributed by atoms with E-state index in [1.165, 1.54) is 5.56 Å². The van der Waals surface area contributed by atoms with Crippen LogP contribution in [0.2, 0.25) is 10.0 Å². The number of anilines is 1. The predicted octanol–water partition coefficient (Wildman–Crippen LogP) is 5.87. The summed E-state index contributed by atoms with van der Waals surface area (Å²) in [4.78, 5) is 0.272. The van der Waals surface area contributed by atoms with Crippen LogP contribution in [0.1, 0.15) is 11.1 Å². The van der Waals surface area contributed by atoms with E-state index in [4.69, 9.17) is 39.8 Å². The van der Waals surface area contributed by atoms with Crippen molar-refractivity contribution in [3.63, 3.8) is 0 Å². The van der Waals surface area contributed by atoms with E-state index >= 15 is 0 Å². The van der Waals surface area contributed by atoms with Gasteiger partial charge in [0.05, 0.1) is 10.6 Å². The lowest BCUT2D eigenvalue weighted by Gasteiger charge is -2.09. The summed E-state index contributed by atoms with van der Waals surface area (Å²) in [7, 11) is 0. The quantitative estimate of drug-likeness (QED) is 0.575. The molecule has 0 saturated heterocycles. The fourth-order valence-electron chi connectivity index (χ4n) is 2.35. The highest BCUT2D eigenvalue weighted by atomic mass is 35.5. The highest BCUT2D eigenvalue weighted by Gasteiger charge is 2.12. The van der Waals surface area contributed by atoms with Crippen molar-refractivity contribution in [1.82, 2.24) is 9.78 Å². The lowest BCUT2D eigenvalue weighted by atomic mass is 10.1. The van der Waals surface area contributed by atoms with E-state index in [-0.39, 0.29) is 4.84 Å². The normalized spacial score (nSPS) is 10.8. The minimum Gasteiger partial charge on any atom is -0.409 e. The molecule has 0 radical (unpaired) electrons. The average molecular weight is 380 g/mol. The average Bonchev–Trinajstić information content (AvgIpc) is 2.87. The van der Waals surface area contributed by atoms with Gasteiger partial charge in [0.15, 0.2) is 0 Å². The number of hydrogen-bond donors (Lipinski definition) is 1. The molecule has 0 bridgehead atoms. The number of rotatable bonds is 4. The summed E-state index contributed by atoms with van der Waals surface area (Å²) < 4.78 is 7.14. The maximum absolute atomic E-state index is 6.19. The van der Waals surface area contributed by atoms with Gasteiger partial charge in [0.25, 0.3) is 4.84 Å². The standard InChI is InChI=1S/C17H15Cl2N3OS/c1-10-3-6-15(11(2)7-10)20-9-22-17(24)23-16(21-22)13-5-4-12(18)8-14(13)19/h3-8,20H,9H2,1-2H3. The van der Waals surface area contributed by atoms with E-state index in [0.29, 0.717) is 28.2 Å². The van der Waals surface area contributed by atoms with Gasteiger partial charge < -0.3 is 9.73 Å². The number of nitrogens with zero attached hydrogens (tertiary/aromatic N) is 2. The monoisotopic (exact) mass is 379 g/mol. The first kappa shape index (κ1) is 17.0. The molecule has 4 nitrogen and oxygen atoms in total. The number of aryl methyl sites for hydroxylation is 2. The number of benzene rings is 2. The van der Waals surface area contributed by atoms with Gasteiger partial charge in [-0.15, -0.1) is 5.10 Å². The highest BCUT2D eigenvalue weighted by molar-refractivity contribution is 7.71. The van der Waals surface area contributed by atoms with Crippen LogP contribution in [0.3, 0.4) is 0 Å². The van der Waals surface area contributed by atoms with Crippen molar-refractivity contribution in [2.75, 3.05) is 5.32 Å². The smallest absolute Gasteiger partial charge is 0.289 e. The molecule has 7 heteroatoms. The Hall–Kier alpha value is -1.82. The Bertz CT molecular complexity index is 949. The Labute approximate surface area is 155 Å². The largest absolute Gasteiger partial charge is 0.409 e. The zero-order chi connectivity index (χ0) is 17.3. The Morgan fingerprint density at radius 1 is 1.17 bits per heavy atom. The summed E-state index contributed by atoms with van der Waals surface area (Å²) in [5, 5.41) is 8.71. The van der Waals surface area contributed by atoms with E-state index in [1.807, 2.05) is 6.07 Å². The first-order valence-corrected chi connectivity index (χ1v) is 8.45. The number of hydrogen-bond acceptors (Lipinski definition) is 4. The summed E-state index contributed by atoms with van der Waals surface area (Å²) in [6.45, 7) is 4.51. The molecule has 0 aliphatic heterocycles. The second-order valence-corrected chi connectivity index (χ2v) is 6.64. The second-order valence-electron chi connectivity index (χ2n) is 5.45. The van der Waals surface area contributed by atoms with Gasteiger partial charge in [0, 0.05) is 10.7 Å². The molecule has 1 aromatic heterocycles. The summed E-state index contributed by atoms with van der Waals surface area (Å²) in [6, 6.07) is 11.3. The molecular weight excluding hydrogens is 365 g/mol. The summed E-state index contributed by atoms with van der Waals surface area (Å²) in [6.07, 6.45) is 0. The van der Waals surface area contributed by atoms with Crippen LogP contribution in [0.15, 0.2) is 40.8 Å². The van der Waals surface area contributed by atoms with Crippen LogP contribution in [0.5, 0.6) is 0 Å². The molecule has 3 aromatic rings. The Morgan fingerprint density at radius 3 is 2.67 bits per heavy atom. The van der Waals surface area contributed by atoms with Crippen molar-refractivity contribution in [3.8, 4) is 11.5 Å². The molecule has 1 heterocycles. The van der Waals surface area contributed by atoms with Gasteiger partial charge in [0.1, 0.15) is 6.67 Å². The molecule has 0 aliphatic rings. The van der Waals surface area contributed by atoms with Gasteiger partial charge in [0.2, 0.25) is 5.89 Å². The minimum atomic E-state index is 0.272. The predicted molar refractivity (Wildman–Crippen MR) is 100 cm³/mol. The van der Waals surface area contributed by atoms with Crippen molar-refractivity contribution in [3.05, 3.63) is 62.4 Å². The summed E-state index contributed by atoms with van der Waals surface area (Å²) >= 11 is 17.3. The Morgan fingerprint density at radius 2 is 1.96 bits per heavy atom. The van der Waals surface area contributed by atoms with Crippen LogP contribution < -0.4 is 5.32 Å². The van der Waals surface area contributed by atoms with E-state index in [1.54, 1.807) is 22.9 Å². The summed E-state index contributed by atoms with van der Waals surface area (Å²) in [5.41, 5.74) is 4.05. The van der Waals surface area contributed by atoms with Crippen molar-refractivity contribution >= 4 is 41.1 Å². The lowest BCUT2D eigenvalue weighted by molar-refractivity contribution is 0.522. The van der Waals surface area contributed by atoms with Crippen LogP contribution in [0.25, 0.3) is 11.5 Å². The first-order chi connectivity index (χ1) is 11.4. The summed E-state index contributed by atoms with van der Waals surface area (Å²) in [5.74, 6) is 0.365. The van der Waals surface area contributed by atoms with Crippen molar-refractivity contribution in [1.29, 1.82) is 0 Å². The number of halogens is 2. The van der Waals surface area contributed by atoms with Crippen LogP contribution in [0, 0.1) is 18.7 Å². The molecule has 0 spiro atoms. The fourth-order valence-corrected chi connectivity index (χ4v) is 3.02. The van der Waals surface area contributed by atoms with Gasteiger partial charge in [-0.05, 0) is 55.9 Å². The van der Waals surface area contributed by atoms with Gasteiger partial charge in [-0.1, -0.05) is 40.9 Å². The van der Waals surface area contributed by atoms with Crippen molar-refractivity contribution < 1.29 is 4.42 Å². The molecule has 1 N–H and O–H groups in total. The van der Waals surface area contributed by atoms with E-state index in [2.05, 4.69) is 36.4 Å². The van der Waals surface area contributed by atoms with E-state index < -0.39 is 0 Å². The molecule has 0 atom stereocenters.